The number of amides is 1. The molecule has 0 aromatic heterocycles. The largest absolute Gasteiger partial charge is 0.490 e. The maximum absolute atomic E-state index is 13.2. The van der Waals surface area contributed by atoms with Gasteiger partial charge in [-0.3, -0.25) is 9.59 Å². The summed E-state index contributed by atoms with van der Waals surface area (Å²) in [5, 5.41) is 0. The number of esters is 1. The Morgan fingerprint density at radius 3 is 2.95 bits per heavy atom. The molecule has 0 saturated carbocycles. The van der Waals surface area contributed by atoms with Crippen molar-refractivity contribution < 1.29 is 23.5 Å². The van der Waals surface area contributed by atoms with Crippen molar-refractivity contribution in [3.63, 3.8) is 0 Å². The lowest BCUT2D eigenvalue weighted by molar-refractivity contribution is -0.141. The van der Waals surface area contributed by atoms with E-state index in [-0.39, 0.29) is 18.7 Å². The van der Waals surface area contributed by atoms with Gasteiger partial charge >= 0.3 is 5.97 Å². The lowest BCUT2D eigenvalue weighted by Gasteiger charge is -2.29. The number of benzene rings is 1. The van der Waals surface area contributed by atoms with Crippen LogP contribution in [0, 0.1) is 5.82 Å². The lowest BCUT2D eigenvalue weighted by Crippen LogP contribution is -2.38. The first kappa shape index (κ1) is 13.3. The Morgan fingerprint density at radius 1 is 1.42 bits per heavy atom. The maximum atomic E-state index is 13.2. The Labute approximate surface area is 109 Å². The van der Waals surface area contributed by atoms with E-state index in [1.807, 2.05) is 0 Å². The number of ether oxygens (including phenoxy) is 2. The second-order valence-electron chi connectivity index (χ2n) is 4.08. The van der Waals surface area contributed by atoms with Crippen LogP contribution < -0.4 is 9.64 Å². The van der Waals surface area contributed by atoms with Crippen LogP contribution in [0.3, 0.4) is 0 Å². The fourth-order valence-corrected chi connectivity index (χ4v) is 1.90. The summed E-state index contributed by atoms with van der Waals surface area (Å²) in [7, 11) is 1.27. The molecule has 0 N–H and O–H groups in total. The van der Waals surface area contributed by atoms with Crippen LogP contribution in [0.25, 0.3) is 0 Å². The van der Waals surface area contributed by atoms with Crippen LogP contribution in [0.2, 0.25) is 0 Å². The number of carbonyl (C=O) groups is 2. The topological polar surface area (TPSA) is 55.8 Å². The molecular formula is C13H14FNO4. The van der Waals surface area contributed by atoms with Crippen molar-refractivity contribution in [3.8, 4) is 5.75 Å². The zero-order valence-corrected chi connectivity index (χ0v) is 10.5. The second-order valence-corrected chi connectivity index (χ2v) is 4.08. The van der Waals surface area contributed by atoms with E-state index in [9.17, 15) is 14.0 Å². The molecule has 0 unspecified atom stereocenters. The van der Waals surface area contributed by atoms with Gasteiger partial charge in [0.05, 0.1) is 25.8 Å². The van der Waals surface area contributed by atoms with Crippen molar-refractivity contribution in [3.05, 3.63) is 24.0 Å². The van der Waals surface area contributed by atoms with Crippen molar-refractivity contribution in [2.45, 2.75) is 12.8 Å². The Balaban J connectivity index is 2.12. The van der Waals surface area contributed by atoms with Crippen molar-refractivity contribution >= 4 is 17.6 Å². The van der Waals surface area contributed by atoms with Crippen LogP contribution in [-0.2, 0) is 14.3 Å². The molecule has 0 bridgehead atoms. The van der Waals surface area contributed by atoms with Gasteiger partial charge in [-0.15, -0.1) is 0 Å². The molecule has 0 saturated heterocycles. The van der Waals surface area contributed by atoms with Crippen LogP contribution in [0.1, 0.15) is 12.8 Å². The number of methoxy groups -OCH3 is 1. The average Bonchev–Trinajstić information content (AvgIpc) is 2.43. The summed E-state index contributed by atoms with van der Waals surface area (Å²) in [6, 6.07) is 4.02. The van der Waals surface area contributed by atoms with Crippen molar-refractivity contribution in [1.82, 2.24) is 0 Å². The molecule has 5 nitrogen and oxygen atoms in total. The zero-order chi connectivity index (χ0) is 13.8. The third kappa shape index (κ3) is 3.01. The maximum Gasteiger partial charge on any atom is 0.306 e. The van der Waals surface area contributed by atoms with Gasteiger partial charge in [0.1, 0.15) is 18.2 Å². The fourth-order valence-electron chi connectivity index (χ4n) is 1.90. The minimum Gasteiger partial charge on any atom is -0.490 e. The van der Waals surface area contributed by atoms with E-state index in [1.54, 1.807) is 0 Å². The quantitative estimate of drug-likeness (QED) is 0.779. The predicted molar refractivity (Wildman–Crippen MR) is 65.5 cm³/mol. The van der Waals surface area contributed by atoms with Gasteiger partial charge in [0.2, 0.25) is 5.91 Å². The molecule has 0 fully saturated rings. The van der Waals surface area contributed by atoms with Gasteiger partial charge in [-0.1, -0.05) is 0 Å². The fraction of sp³-hybridized carbons (Fsp3) is 0.385. The van der Waals surface area contributed by atoms with Gasteiger partial charge in [-0.2, -0.15) is 0 Å². The standard InChI is InChI=1S/C13H14FNO4/c1-18-13(17)5-4-12(16)15-6-7-19-11-3-2-9(14)8-10(11)15/h2-3,8H,4-7H2,1H3. The van der Waals surface area contributed by atoms with E-state index in [4.69, 9.17) is 4.74 Å². The first-order valence-corrected chi connectivity index (χ1v) is 5.91. The minimum atomic E-state index is -0.443. The van der Waals surface area contributed by atoms with E-state index < -0.39 is 11.8 Å². The van der Waals surface area contributed by atoms with E-state index in [0.717, 1.165) is 0 Å². The molecule has 1 heterocycles. The van der Waals surface area contributed by atoms with Crippen LogP contribution >= 0.6 is 0 Å². The summed E-state index contributed by atoms with van der Waals surface area (Å²) in [5.41, 5.74) is 0.404. The summed E-state index contributed by atoms with van der Waals surface area (Å²) >= 11 is 0. The Bertz CT molecular complexity index is 503. The average molecular weight is 267 g/mol. The highest BCUT2D eigenvalue weighted by molar-refractivity contribution is 5.96. The van der Waals surface area contributed by atoms with Gasteiger partial charge in [0.25, 0.3) is 0 Å². The molecule has 1 aliphatic rings. The molecule has 0 atom stereocenters. The molecule has 0 radical (unpaired) electrons. The predicted octanol–water partition coefficient (Wildman–Crippen LogP) is 1.50. The number of carbonyl (C=O) groups excluding carboxylic acids is 2. The molecule has 1 aromatic carbocycles. The smallest absolute Gasteiger partial charge is 0.306 e. The van der Waals surface area contributed by atoms with Crippen LogP contribution in [0.5, 0.6) is 5.75 Å². The van der Waals surface area contributed by atoms with Crippen molar-refractivity contribution in [2.24, 2.45) is 0 Å². The molecule has 102 valence electrons. The highest BCUT2D eigenvalue weighted by atomic mass is 19.1. The number of rotatable bonds is 3. The molecule has 0 spiro atoms. The number of hydrogen-bond donors (Lipinski definition) is 0. The lowest BCUT2D eigenvalue weighted by atomic mass is 10.2. The third-order valence-electron chi connectivity index (χ3n) is 2.86. The Hall–Kier alpha value is -2.11. The summed E-state index contributed by atoms with van der Waals surface area (Å²) in [6.07, 6.45) is 0.0416. The first-order chi connectivity index (χ1) is 9.11. The van der Waals surface area contributed by atoms with Gasteiger partial charge in [0.15, 0.2) is 0 Å². The highest BCUT2D eigenvalue weighted by Crippen LogP contribution is 2.32. The van der Waals surface area contributed by atoms with Gasteiger partial charge in [-0.05, 0) is 12.1 Å². The Morgan fingerprint density at radius 2 is 2.21 bits per heavy atom. The number of nitrogens with zero attached hydrogens (tertiary/aromatic N) is 1. The third-order valence-corrected chi connectivity index (χ3v) is 2.86. The van der Waals surface area contributed by atoms with E-state index >= 15 is 0 Å². The summed E-state index contributed by atoms with van der Waals surface area (Å²) < 4.78 is 23.1. The normalized spacial score (nSPS) is 13.5. The molecule has 6 heteroatoms. The van der Waals surface area contributed by atoms with Crippen LogP contribution in [0.4, 0.5) is 10.1 Å². The molecular weight excluding hydrogens is 253 g/mol. The van der Waals surface area contributed by atoms with Gasteiger partial charge in [0, 0.05) is 12.5 Å². The van der Waals surface area contributed by atoms with E-state index in [2.05, 4.69) is 4.74 Å². The highest BCUT2D eigenvalue weighted by Gasteiger charge is 2.24. The van der Waals surface area contributed by atoms with Crippen molar-refractivity contribution in [2.75, 3.05) is 25.2 Å². The minimum absolute atomic E-state index is 0.0112. The van der Waals surface area contributed by atoms with Gasteiger partial charge < -0.3 is 14.4 Å². The van der Waals surface area contributed by atoms with Crippen LogP contribution in [0.15, 0.2) is 18.2 Å². The monoisotopic (exact) mass is 267 g/mol. The van der Waals surface area contributed by atoms with E-state index in [1.165, 1.54) is 30.2 Å². The number of hydrogen-bond acceptors (Lipinski definition) is 4. The second kappa shape index (κ2) is 5.69. The number of fused-ring (bicyclic) bond motifs is 1. The number of anilines is 1. The SMILES string of the molecule is COC(=O)CCC(=O)N1CCOc2ccc(F)cc21. The molecule has 2 rings (SSSR count). The molecule has 0 aliphatic carbocycles. The van der Waals surface area contributed by atoms with Crippen LogP contribution in [-0.4, -0.2) is 32.1 Å². The summed E-state index contributed by atoms with van der Waals surface area (Å²) in [4.78, 5) is 24.5. The summed E-state index contributed by atoms with van der Waals surface area (Å²) in [5.74, 6) is -0.657. The molecule has 1 amide bonds. The summed E-state index contributed by atoms with van der Waals surface area (Å²) in [6.45, 7) is 0.694. The Kier molecular flexibility index (Phi) is 3.99. The first-order valence-electron chi connectivity index (χ1n) is 5.91. The molecule has 1 aromatic rings. The van der Waals surface area contributed by atoms with Gasteiger partial charge in [-0.25, -0.2) is 4.39 Å². The zero-order valence-electron chi connectivity index (χ0n) is 10.5. The van der Waals surface area contributed by atoms with Crippen molar-refractivity contribution in [1.29, 1.82) is 0 Å². The molecule has 1 aliphatic heterocycles. The van der Waals surface area contributed by atoms with E-state index in [0.29, 0.717) is 24.6 Å². The number of halogens is 1. The molecule has 19 heavy (non-hydrogen) atoms.